The molecule has 2 N–H and O–H groups in total. The minimum Gasteiger partial charge on any atom is -0.336 e. The highest BCUT2D eigenvalue weighted by atomic mass is 16.2. The van der Waals surface area contributed by atoms with E-state index in [0.29, 0.717) is 24.3 Å². The van der Waals surface area contributed by atoms with Gasteiger partial charge in [-0.25, -0.2) is 4.68 Å². The van der Waals surface area contributed by atoms with E-state index in [1.165, 1.54) is 0 Å². The zero-order valence-corrected chi connectivity index (χ0v) is 16.4. The van der Waals surface area contributed by atoms with E-state index in [1.807, 2.05) is 49.4 Å². The van der Waals surface area contributed by atoms with E-state index in [2.05, 4.69) is 11.2 Å². The SMILES string of the molecule is Cc1ccc(-c2cc(C(=O)N3CCC[C@@H](N)C3)nn2-c2ccc(C#N)cc2)cc1. The van der Waals surface area contributed by atoms with Gasteiger partial charge in [-0.15, -0.1) is 0 Å². The molecule has 1 aliphatic rings. The van der Waals surface area contributed by atoms with Crippen LogP contribution >= 0.6 is 0 Å². The Hall–Kier alpha value is -3.43. The zero-order chi connectivity index (χ0) is 20.4. The number of piperidine rings is 1. The third kappa shape index (κ3) is 3.91. The van der Waals surface area contributed by atoms with Crippen molar-refractivity contribution in [2.45, 2.75) is 25.8 Å². The summed E-state index contributed by atoms with van der Waals surface area (Å²) in [7, 11) is 0. The molecule has 29 heavy (non-hydrogen) atoms. The minimum atomic E-state index is -0.0964. The monoisotopic (exact) mass is 385 g/mol. The van der Waals surface area contributed by atoms with Crippen LogP contribution in [0.5, 0.6) is 0 Å². The molecule has 6 nitrogen and oxygen atoms in total. The topological polar surface area (TPSA) is 87.9 Å². The van der Waals surface area contributed by atoms with Crippen molar-refractivity contribution in [3.05, 3.63) is 71.4 Å². The van der Waals surface area contributed by atoms with Gasteiger partial charge in [-0.1, -0.05) is 29.8 Å². The number of hydrogen-bond donors (Lipinski definition) is 1. The van der Waals surface area contributed by atoms with Gasteiger partial charge in [-0.05, 0) is 50.1 Å². The molecule has 1 aliphatic heterocycles. The third-order valence-electron chi connectivity index (χ3n) is 5.26. The van der Waals surface area contributed by atoms with E-state index in [0.717, 1.165) is 35.3 Å². The van der Waals surface area contributed by atoms with Gasteiger partial charge in [0.15, 0.2) is 5.69 Å². The number of amides is 1. The van der Waals surface area contributed by atoms with Gasteiger partial charge in [0.2, 0.25) is 0 Å². The molecule has 0 radical (unpaired) electrons. The third-order valence-corrected chi connectivity index (χ3v) is 5.26. The van der Waals surface area contributed by atoms with Crippen molar-refractivity contribution in [2.24, 2.45) is 5.73 Å². The Labute approximate surface area is 170 Å². The molecule has 1 aromatic heterocycles. The lowest BCUT2D eigenvalue weighted by Crippen LogP contribution is -2.45. The summed E-state index contributed by atoms with van der Waals surface area (Å²) >= 11 is 0. The molecular weight excluding hydrogens is 362 g/mol. The van der Waals surface area contributed by atoms with E-state index in [4.69, 9.17) is 11.0 Å². The first kappa shape index (κ1) is 18.9. The normalized spacial score (nSPS) is 16.4. The molecule has 0 unspecified atom stereocenters. The Kier molecular flexibility index (Phi) is 5.15. The summed E-state index contributed by atoms with van der Waals surface area (Å²) in [5.74, 6) is -0.0964. The number of nitrogens with two attached hydrogens (primary N) is 1. The lowest BCUT2D eigenvalue weighted by atomic mass is 10.1. The smallest absolute Gasteiger partial charge is 0.274 e. The molecule has 0 aliphatic carbocycles. The standard InChI is InChI=1S/C23H23N5O/c1-16-4-8-18(9-5-16)22-13-21(23(29)27-12-2-3-19(25)15-27)26-28(22)20-10-6-17(14-24)7-11-20/h4-11,13,19H,2-3,12,15,25H2,1H3/t19-/m1/s1. The summed E-state index contributed by atoms with van der Waals surface area (Å²) in [5, 5.41) is 13.7. The molecule has 1 saturated heterocycles. The number of carbonyl (C=O) groups excluding carboxylic acids is 1. The second-order valence-corrected chi connectivity index (χ2v) is 7.50. The van der Waals surface area contributed by atoms with Gasteiger partial charge in [-0.2, -0.15) is 10.4 Å². The van der Waals surface area contributed by atoms with E-state index in [-0.39, 0.29) is 11.9 Å². The van der Waals surface area contributed by atoms with E-state index >= 15 is 0 Å². The Balaban J connectivity index is 1.76. The zero-order valence-electron chi connectivity index (χ0n) is 16.4. The lowest BCUT2D eigenvalue weighted by molar-refractivity contribution is 0.0702. The summed E-state index contributed by atoms with van der Waals surface area (Å²) in [6, 6.07) is 19.3. The Bertz CT molecular complexity index is 1060. The van der Waals surface area contributed by atoms with Gasteiger partial charge in [0.25, 0.3) is 5.91 Å². The first-order valence-electron chi connectivity index (χ1n) is 9.77. The summed E-state index contributed by atoms with van der Waals surface area (Å²) in [5.41, 5.74) is 10.8. The second-order valence-electron chi connectivity index (χ2n) is 7.50. The lowest BCUT2D eigenvalue weighted by Gasteiger charge is -2.30. The fourth-order valence-corrected chi connectivity index (χ4v) is 3.65. The number of benzene rings is 2. The molecule has 2 aromatic carbocycles. The molecular formula is C23H23N5O. The number of hydrogen-bond acceptors (Lipinski definition) is 4. The average Bonchev–Trinajstić information content (AvgIpc) is 3.19. The summed E-state index contributed by atoms with van der Waals surface area (Å²) < 4.78 is 1.77. The van der Waals surface area contributed by atoms with E-state index < -0.39 is 0 Å². The van der Waals surface area contributed by atoms with Crippen LogP contribution in [-0.4, -0.2) is 39.7 Å². The van der Waals surface area contributed by atoms with Crippen LogP contribution in [0.2, 0.25) is 0 Å². The summed E-state index contributed by atoms with van der Waals surface area (Å²) in [6.45, 7) is 3.30. The molecule has 1 atom stereocenters. The fraction of sp³-hybridized carbons (Fsp3) is 0.261. The van der Waals surface area contributed by atoms with Crippen LogP contribution in [0.3, 0.4) is 0 Å². The highest BCUT2D eigenvalue weighted by Crippen LogP contribution is 2.26. The second kappa shape index (κ2) is 7.90. The quantitative estimate of drug-likeness (QED) is 0.749. The molecule has 0 bridgehead atoms. The predicted octanol–water partition coefficient (Wildman–Crippen LogP) is 3.28. The van der Waals surface area contributed by atoms with Crippen molar-refractivity contribution < 1.29 is 4.79 Å². The molecule has 1 fully saturated rings. The van der Waals surface area contributed by atoms with Crippen molar-refractivity contribution in [1.29, 1.82) is 5.26 Å². The van der Waals surface area contributed by atoms with Crippen LogP contribution in [0, 0.1) is 18.3 Å². The molecule has 3 aromatic rings. The number of nitrogens with zero attached hydrogens (tertiary/aromatic N) is 4. The summed E-state index contributed by atoms with van der Waals surface area (Å²) in [4.78, 5) is 14.9. The molecule has 0 saturated carbocycles. The maximum absolute atomic E-state index is 13.1. The van der Waals surface area contributed by atoms with Crippen molar-refractivity contribution in [3.8, 4) is 23.0 Å². The van der Waals surface area contributed by atoms with Crippen LogP contribution in [0.4, 0.5) is 0 Å². The average molecular weight is 385 g/mol. The molecule has 4 rings (SSSR count). The highest BCUT2D eigenvalue weighted by Gasteiger charge is 2.25. The first-order valence-corrected chi connectivity index (χ1v) is 9.77. The molecule has 0 spiro atoms. The Morgan fingerprint density at radius 2 is 1.90 bits per heavy atom. The van der Waals surface area contributed by atoms with Crippen molar-refractivity contribution in [2.75, 3.05) is 13.1 Å². The maximum atomic E-state index is 13.1. The molecule has 2 heterocycles. The number of aromatic nitrogens is 2. The highest BCUT2D eigenvalue weighted by molar-refractivity contribution is 5.93. The maximum Gasteiger partial charge on any atom is 0.274 e. The van der Waals surface area contributed by atoms with Crippen LogP contribution in [0.1, 0.15) is 34.5 Å². The van der Waals surface area contributed by atoms with Crippen LogP contribution in [-0.2, 0) is 0 Å². The molecule has 146 valence electrons. The number of likely N-dealkylation sites (tertiary alicyclic amines) is 1. The predicted molar refractivity (Wildman–Crippen MR) is 112 cm³/mol. The van der Waals surface area contributed by atoms with Gasteiger partial charge >= 0.3 is 0 Å². The van der Waals surface area contributed by atoms with E-state index in [1.54, 1.807) is 21.7 Å². The molecule has 6 heteroatoms. The van der Waals surface area contributed by atoms with Gasteiger partial charge < -0.3 is 10.6 Å². The van der Waals surface area contributed by atoms with Crippen LogP contribution in [0.15, 0.2) is 54.6 Å². The number of aryl methyl sites for hydroxylation is 1. The number of rotatable bonds is 3. The van der Waals surface area contributed by atoms with Gasteiger partial charge in [-0.3, -0.25) is 4.79 Å². The summed E-state index contributed by atoms with van der Waals surface area (Å²) in [6.07, 6.45) is 1.85. The van der Waals surface area contributed by atoms with Crippen molar-refractivity contribution >= 4 is 5.91 Å². The van der Waals surface area contributed by atoms with Gasteiger partial charge in [0.1, 0.15) is 0 Å². The van der Waals surface area contributed by atoms with Gasteiger partial charge in [0.05, 0.1) is 23.0 Å². The fourth-order valence-electron chi connectivity index (χ4n) is 3.65. The minimum absolute atomic E-state index is 0.0184. The first-order chi connectivity index (χ1) is 14.0. The Morgan fingerprint density at radius 3 is 2.55 bits per heavy atom. The largest absolute Gasteiger partial charge is 0.336 e. The Morgan fingerprint density at radius 1 is 1.17 bits per heavy atom. The van der Waals surface area contributed by atoms with Crippen LogP contribution < -0.4 is 5.73 Å². The van der Waals surface area contributed by atoms with Crippen molar-refractivity contribution in [3.63, 3.8) is 0 Å². The number of nitriles is 1. The van der Waals surface area contributed by atoms with Crippen molar-refractivity contribution in [1.82, 2.24) is 14.7 Å². The number of carbonyl (C=O) groups is 1. The van der Waals surface area contributed by atoms with Crippen LogP contribution in [0.25, 0.3) is 16.9 Å². The van der Waals surface area contributed by atoms with Gasteiger partial charge in [0, 0.05) is 24.7 Å². The molecule has 1 amide bonds. The van der Waals surface area contributed by atoms with E-state index in [9.17, 15) is 4.79 Å².